The molecule has 0 radical (unpaired) electrons. The first kappa shape index (κ1) is 13.6. The summed E-state index contributed by atoms with van der Waals surface area (Å²) in [6, 6.07) is 7.65. The Morgan fingerprint density at radius 2 is 1.62 bits per heavy atom. The van der Waals surface area contributed by atoms with E-state index in [-0.39, 0.29) is 0 Å². The molecule has 1 rings (SSSR count). The van der Waals surface area contributed by atoms with E-state index in [9.17, 15) is 4.89 Å². The zero-order chi connectivity index (χ0) is 12.3. The summed E-state index contributed by atoms with van der Waals surface area (Å²) >= 11 is 0. The van der Waals surface area contributed by atoms with Crippen LogP contribution in [0.5, 0.6) is 0 Å². The van der Waals surface area contributed by atoms with Crippen LogP contribution in [0.4, 0.5) is 0 Å². The van der Waals surface area contributed by atoms with Gasteiger partial charge in [0.2, 0.25) is 0 Å². The Hall–Kier alpha value is -0.470. The maximum atomic E-state index is 10.8. The molecule has 92 valence electrons. The molecule has 0 saturated carbocycles. The van der Waals surface area contributed by atoms with E-state index in [1.807, 2.05) is 45.0 Å². The van der Waals surface area contributed by atoms with Gasteiger partial charge in [0.1, 0.15) is 0 Å². The van der Waals surface area contributed by atoms with Crippen molar-refractivity contribution in [3.63, 3.8) is 0 Å². The molecule has 1 aromatic rings. The standard InChI is InChI=1S/C12H21O3P/c1-5-14-16(4,13,15-6-2)12-10-8-7-9-11(12)3/h7-10,13H,5-6H2,1-4H3. The Labute approximate surface area is 97.6 Å². The Bertz CT molecular complexity index is 353. The predicted octanol–water partition coefficient (Wildman–Crippen LogP) is 2.61. The average Bonchev–Trinajstić information content (AvgIpc) is 2.18. The summed E-state index contributed by atoms with van der Waals surface area (Å²) in [5, 5.41) is 0.775. The van der Waals surface area contributed by atoms with Gasteiger partial charge in [-0.2, -0.15) is 0 Å². The molecule has 16 heavy (non-hydrogen) atoms. The number of aryl methyl sites for hydroxylation is 1. The molecular weight excluding hydrogens is 223 g/mol. The van der Waals surface area contributed by atoms with E-state index in [4.69, 9.17) is 9.05 Å². The second-order valence-electron chi connectivity index (χ2n) is 3.93. The Morgan fingerprint density at radius 3 is 2.06 bits per heavy atom. The molecule has 0 unspecified atom stereocenters. The van der Waals surface area contributed by atoms with Crippen LogP contribution in [0.3, 0.4) is 0 Å². The van der Waals surface area contributed by atoms with Crippen molar-refractivity contribution in [2.24, 2.45) is 0 Å². The summed E-state index contributed by atoms with van der Waals surface area (Å²) in [6.45, 7) is 8.21. The number of hydrogen-bond acceptors (Lipinski definition) is 3. The summed E-state index contributed by atoms with van der Waals surface area (Å²) < 4.78 is 11.2. The van der Waals surface area contributed by atoms with E-state index in [2.05, 4.69) is 0 Å². The summed E-state index contributed by atoms with van der Waals surface area (Å²) in [5.41, 5.74) is 0.993. The first-order chi connectivity index (χ1) is 7.43. The van der Waals surface area contributed by atoms with Gasteiger partial charge in [-0.25, -0.2) is 0 Å². The van der Waals surface area contributed by atoms with E-state index in [0.717, 1.165) is 10.9 Å². The van der Waals surface area contributed by atoms with Crippen LogP contribution < -0.4 is 5.30 Å². The van der Waals surface area contributed by atoms with Gasteiger partial charge < -0.3 is 0 Å². The zero-order valence-electron chi connectivity index (χ0n) is 10.4. The molecule has 0 aliphatic rings. The van der Waals surface area contributed by atoms with Gasteiger partial charge in [0.05, 0.1) is 0 Å². The Morgan fingerprint density at radius 1 is 1.12 bits per heavy atom. The van der Waals surface area contributed by atoms with Crippen LogP contribution in [0.25, 0.3) is 0 Å². The number of rotatable bonds is 5. The van der Waals surface area contributed by atoms with Gasteiger partial charge in [0.25, 0.3) is 0 Å². The van der Waals surface area contributed by atoms with Gasteiger partial charge in [-0.15, -0.1) is 0 Å². The van der Waals surface area contributed by atoms with Gasteiger partial charge in [-0.3, -0.25) is 0 Å². The van der Waals surface area contributed by atoms with Crippen molar-refractivity contribution in [1.82, 2.24) is 0 Å². The van der Waals surface area contributed by atoms with E-state index in [1.54, 1.807) is 6.66 Å². The molecule has 0 saturated heterocycles. The molecule has 0 aliphatic carbocycles. The van der Waals surface area contributed by atoms with Gasteiger partial charge >= 0.3 is 97.0 Å². The summed E-state index contributed by atoms with van der Waals surface area (Å²) in [7, 11) is -3.65. The van der Waals surface area contributed by atoms with Crippen LogP contribution >= 0.6 is 7.28 Å². The molecule has 0 spiro atoms. The van der Waals surface area contributed by atoms with Crippen LogP contribution in [0.1, 0.15) is 19.4 Å². The molecule has 0 bridgehead atoms. The van der Waals surface area contributed by atoms with E-state index in [0.29, 0.717) is 13.2 Å². The third-order valence-electron chi connectivity index (χ3n) is 2.53. The fourth-order valence-electron chi connectivity index (χ4n) is 1.92. The monoisotopic (exact) mass is 244 g/mol. The molecule has 0 amide bonds. The minimum atomic E-state index is -3.65. The van der Waals surface area contributed by atoms with Gasteiger partial charge in [-0.1, -0.05) is 0 Å². The molecule has 0 atom stereocenters. The molecule has 3 nitrogen and oxygen atoms in total. The molecule has 0 fully saturated rings. The van der Waals surface area contributed by atoms with Crippen LogP contribution in [0.15, 0.2) is 24.3 Å². The van der Waals surface area contributed by atoms with Gasteiger partial charge in [0, 0.05) is 0 Å². The van der Waals surface area contributed by atoms with Crippen molar-refractivity contribution < 1.29 is 13.9 Å². The average molecular weight is 244 g/mol. The fourth-order valence-corrected chi connectivity index (χ4v) is 4.78. The molecule has 4 heteroatoms. The zero-order valence-corrected chi connectivity index (χ0v) is 11.3. The second-order valence-corrected chi connectivity index (χ2v) is 7.55. The second kappa shape index (κ2) is 4.80. The predicted molar refractivity (Wildman–Crippen MR) is 69.1 cm³/mol. The van der Waals surface area contributed by atoms with E-state index in [1.165, 1.54) is 0 Å². The minimum absolute atomic E-state index is 0.430. The fraction of sp³-hybridized carbons (Fsp3) is 0.500. The maximum absolute atomic E-state index is 10.8. The van der Waals surface area contributed by atoms with Crippen LogP contribution in [-0.2, 0) is 9.05 Å². The summed E-state index contributed by atoms with van der Waals surface area (Å²) in [4.78, 5) is 10.8. The molecule has 1 N–H and O–H groups in total. The van der Waals surface area contributed by atoms with Gasteiger partial charge in [-0.05, 0) is 0 Å². The molecule has 0 aromatic heterocycles. The first-order valence-electron chi connectivity index (χ1n) is 5.55. The van der Waals surface area contributed by atoms with Crippen LogP contribution in [0, 0.1) is 6.92 Å². The molecule has 0 aliphatic heterocycles. The molecule has 1 aromatic carbocycles. The quantitative estimate of drug-likeness (QED) is 0.809. The van der Waals surface area contributed by atoms with Crippen molar-refractivity contribution in [2.75, 3.05) is 19.9 Å². The summed E-state index contributed by atoms with van der Waals surface area (Å²) in [6.07, 6.45) is 0. The number of hydrogen-bond donors (Lipinski definition) is 1. The summed E-state index contributed by atoms with van der Waals surface area (Å²) in [5.74, 6) is 0. The topological polar surface area (TPSA) is 38.7 Å². The van der Waals surface area contributed by atoms with Crippen LogP contribution in [0.2, 0.25) is 0 Å². The van der Waals surface area contributed by atoms with Crippen molar-refractivity contribution in [3.05, 3.63) is 29.8 Å². The van der Waals surface area contributed by atoms with Crippen molar-refractivity contribution >= 4 is 12.6 Å². The van der Waals surface area contributed by atoms with Crippen molar-refractivity contribution in [1.29, 1.82) is 0 Å². The van der Waals surface area contributed by atoms with Crippen molar-refractivity contribution in [3.8, 4) is 0 Å². The van der Waals surface area contributed by atoms with E-state index < -0.39 is 7.28 Å². The SMILES string of the molecule is CCOP(C)(O)(OCC)c1ccccc1C. The third-order valence-corrected chi connectivity index (χ3v) is 5.85. The Kier molecular flexibility index (Phi) is 4.08. The molecular formula is C12H21O3P. The normalized spacial score (nSPS) is 14.4. The Balaban J connectivity index is 3.26. The molecule has 0 heterocycles. The van der Waals surface area contributed by atoms with Crippen LogP contribution in [-0.4, -0.2) is 24.8 Å². The third kappa shape index (κ3) is 2.61. The number of benzene rings is 1. The van der Waals surface area contributed by atoms with Gasteiger partial charge in [0.15, 0.2) is 0 Å². The first-order valence-corrected chi connectivity index (χ1v) is 8.03. The van der Waals surface area contributed by atoms with Crippen molar-refractivity contribution in [2.45, 2.75) is 20.8 Å². The van der Waals surface area contributed by atoms with E-state index >= 15 is 0 Å².